The number of hydrogen-bond donors (Lipinski definition) is 2. The number of carbonyl (C=O) groups excluding carboxylic acids is 1. The lowest BCUT2D eigenvalue weighted by Gasteiger charge is -2.02. The van der Waals surface area contributed by atoms with Crippen LogP contribution in [0.5, 0.6) is 5.75 Å². The van der Waals surface area contributed by atoms with E-state index >= 15 is 0 Å². The van der Waals surface area contributed by atoms with Gasteiger partial charge >= 0.3 is 0 Å². The van der Waals surface area contributed by atoms with Gasteiger partial charge in [0.2, 0.25) is 0 Å². The second-order valence-corrected chi connectivity index (χ2v) is 5.01. The van der Waals surface area contributed by atoms with Gasteiger partial charge in [0.05, 0.1) is 0 Å². The van der Waals surface area contributed by atoms with Crippen LogP contribution in [0, 0.1) is 0 Å². The van der Waals surface area contributed by atoms with E-state index in [2.05, 4.69) is 5.32 Å². The Balaban J connectivity index is 0.000000186. The van der Waals surface area contributed by atoms with Gasteiger partial charge in [0, 0.05) is 17.9 Å². The Morgan fingerprint density at radius 2 is 1.68 bits per heavy atom. The smallest absolute Gasteiger partial charge is 0.279 e. The van der Waals surface area contributed by atoms with Gasteiger partial charge in [0.25, 0.3) is 5.24 Å². The molecule has 3 nitrogen and oxygen atoms in total. The van der Waals surface area contributed by atoms with Crippen molar-refractivity contribution >= 4 is 17.0 Å². The number of amides is 1. The predicted octanol–water partition coefficient (Wildman–Crippen LogP) is 3.50. The number of phenols is 1. The van der Waals surface area contributed by atoms with E-state index in [0.29, 0.717) is 5.75 Å². The minimum atomic E-state index is 0.120. The molecule has 1 aliphatic rings. The van der Waals surface area contributed by atoms with Gasteiger partial charge in [0.1, 0.15) is 5.75 Å². The van der Waals surface area contributed by atoms with Crippen LogP contribution in [0.1, 0.15) is 0 Å². The molecule has 19 heavy (non-hydrogen) atoms. The minimum Gasteiger partial charge on any atom is -0.507 e. The minimum absolute atomic E-state index is 0.120. The molecule has 1 amide bonds. The normalized spacial score (nSPS) is 13.4. The van der Waals surface area contributed by atoms with Crippen LogP contribution < -0.4 is 5.32 Å². The van der Waals surface area contributed by atoms with E-state index in [1.807, 2.05) is 48.5 Å². The maximum Gasteiger partial charge on any atom is 0.279 e. The van der Waals surface area contributed by atoms with Crippen molar-refractivity contribution in [2.24, 2.45) is 0 Å². The summed E-state index contributed by atoms with van der Waals surface area (Å²) >= 11 is 1.35. The van der Waals surface area contributed by atoms with Crippen molar-refractivity contribution in [2.45, 2.75) is 0 Å². The summed E-state index contributed by atoms with van der Waals surface area (Å²) < 4.78 is 0. The first-order valence-electron chi connectivity index (χ1n) is 6.01. The first kappa shape index (κ1) is 13.5. The van der Waals surface area contributed by atoms with E-state index < -0.39 is 0 Å². The number of para-hydroxylation sites is 1. The maximum atomic E-state index is 10.1. The quantitative estimate of drug-likeness (QED) is 0.836. The molecule has 0 aromatic heterocycles. The molecular formula is C15H15NO2S. The van der Waals surface area contributed by atoms with Crippen LogP contribution in [0.4, 0.5) is 4.79 Å². The summed E-state index contributed by atoms with van der Waals surface area (Å²) in [5.74, 6) is 1.27. The molecule has 0 radical (unpaired) electrons. The van der Waals surface area contributed by atoms with Crippen molar-refractivity contribution in [3.8, 4) is 16.9 Å². The number of hydrogen-bond acceptors (Lipinski definition) is 3. The van der Waals surface area contributed by atoms with Crippen molar-refractivity contribution in [3.63, 3.8) is 0 Å². The fourth-order valence-electron chi connectivity index (χ4n) is 1.68. The van der Waals surface area contributed by atoms with Gasteiger partial charge in [-0.25, -0.2) is 0 Å². The van der Waals surface area contributed by atoms with Crippen molar-refractivity contribution < 1.29 is 9.90 Å². The zero-order valence-electron chi connectivity index (χ0n) is 10.4. The third-order valence-electron chi connectivity index (χ3n) is 2.59. The molecule has 0 spiro atoms. The van der Waals surface area contributed by atoms with Gasteiger partial charge in [-0.05, 0) is 11.6 Å². The zero-order chi connectivity index (χ0) is 13.5. The Morgan fingerprint density at radius 3 is 2.21 bits per heavy atom. The molecule has 2 aromatic rings. The number of carbonyl (C=O) groups is 1. The zero-order valence-corrected chi connectivity index (χ0v) is 11.2. The van der Waals surface area contributed by atoms with Crippen LogP contribution in [0.2, 0.25) is 0 Å². The summed E-state index contributed by atoms with van der Waals surface area (Å²) in [7, 11) is 0. The van der Waals surface area contributed by atoms with Crippen molar-refractivity contribution in [3.05, 3.63) is 54.6 Å². The third-order valence-corrected chi connectivity index (χ3v) is 3.41. The third kappa shape index (κ3) is 4.03. The number of aromatic hydroxyl groups is 1. The second-order valence-electron chi connectivity index (χ2n) is 3.95. The van der Waals surface area contributed by atoms with E-state index in [0.717, 1.165) is 23.4 Å². The molecule has 0 bridgehead atoms. The van der Waals surface area contributed by atoms with Gasteiger partial charge in [-0.3, -0.25) is 4.79 Å². The lowest BCUT2D eigenvalue weighted by Crippen LogP contribution is -2.10. The highest BCUT2D eigenvalue weighted by Crippen LogP contribution is 2.27. The number of thioether (sulfide) groups is 1. The van der Waals surface area contributed by atoms with E-state index in [-0.39, 0.29) is 5.24 Å². The number of nitrogens with one attached hydrogen (secondary N) is 1. The molecule has 4 heteroatoms. The van der Waals surface area contributed by atoms with Crippen LogP contribution in [0.25, 0.3) is 11.1 Å². The van der Waals surface area contributed by atoms with Crippen molar-refractivity contribution in [1.82, 2.24) is 5.32 Å². The Kier molecular flexibility index (Phi) is 4.86. The van der Waals surface area contributed by atoms with Crippen LogP contribution in [-0.2, 0) is 0 Å². The number of rotatable bonds is 1. The topological polar surface area (TPSA) is 49.3 Å². The summed E-state index contributed by atoms with van der Waals surface area (Å²) in [5.41, 5.74) is 1.92. The summed E-state index contributed by atoms with van der Waals surface area (Å²) in [4.78, 5) is 10.1. The van der Waals surface area contributed by atoms with Gasteiger partial charge < -0.3 is 10.4 Å². The molecule has 0 atom stereocenters. The van der Waals surface area contributed by atoms with Crippen molar-refractivity contribution in [1.29, 1.82) is 0 Å². The van der Waals surface area contributed by atoms with E-state index in [4.69, 9.17) is 0 Å². The molecule has 1 aliphatic heterocycles. The van der Waals surface area contributed by atoms with Crippen LogP contribution >= 0.6 is 11.8 Å². The number of phenolic OH excluding ortho intramolecular Hbond substituents is 1. The standard InChI is InChI=1S/C12H10O.C3H5NOS/c13-12-9-5-4-8-11(12)10-6-2-1-3-7-10;5-3-4-1-2-6-3/h1-9,13H;1-2H2,(H,4,5). The predicted molar refractivity (Wildman–Crippen MR) is 79.4 cm³/mol. The Bertz CT molecular complexity index is 535. The first-order valence-corrected chi connectivity index (χ1v) is 7.00. The van der Waals surface area contributed by atoms with Gasteiger partial charge in [0.15, 0.2) is 0 Å². The van der Waals surface area contributed by atoms with E-state index in [1.165, 1.54) is 11.8 Å². The van der Waals surface area contributed by atoms with Crippen LogP contribution in [0.3, 0.4) is 0 Å². The average molecular weight is 273 g/mol. The Labute approximate surface area is 116 Å². The molecule has 0 unspecified atom stereocenters. The largest absolute Gasteiger partial charge is 0.507 e. The SMILES string of the molecule is O=C1NCCS1.Oc1ccccc1-c1ccccc1. The molecule has 3 rings (SSSR count). The van der Waals surface area contributed by atoms with Gasteiger partial charge in [-0.15, -0.1) is 0 Å². The highest BCUT2D eigenvalue weighted by atomic mass is 32.2. The lowest BCUT2D eigenvalue weighted by molar-refractivity contribution is 0.262. The van der Waals surface area contributed by atoms with Gasteiger partial charge in [-0.2, -0.15) is 0 Å². The van der Waals surface area contributed by atoms with Gasteiger partial charge in [-0.1, -0.05) is 60.3 Å². The highest BCUT2D eigenvalue weighted by molar-refractivity contribution is 8.13. The second kappa shape index (κ2) is 6.85. The number of benzene rings is 2. The maximum absolute atomic E-state index is 10.1. The summed E-state index contributed by atoms with van der Waals surface area (Å²) in [5, 5.41) is 12.3. The molecule has 2 aromatic carbocycles. The molecule has 0 aliphatic carbocycles. The fourth-order valence-corrected chi connectivity index (χ4v) is 2.28. The molecule has 98 valence electrons. The van der Waals surface area contributed by atoms with Crippen LogP contribution in [0.15, 0.2) is 54.6 Å². The first-order chi connectivity index (χ1) is 9.27. The molecule has 1 fully saturated rings. The lowest BCUT2D eigenvalue weighted by atomic mass is 10.1. The molecule has 2 N–H and O–H groups in total. The summed E-state index contributed by atoms with van der Waals surface area (Å²) in [6.07, 6.45) is 0. The van der Waals surface area contributed by atoms with Crippen LogP contribution in [-0.4, -0.2) is 22.6 Å². The van der Waals surface area contributed by atoms with Crippen molar-refractivity contribution in [2.75, 3.05) is 12.3 Å². The monoisotopic (exact) mass is 273 g/mol. The molecular weight excluding hydrogens is 258 g/mol. The molecule has 0 saturated carbocycles. The molecule has 1 heterocycles. The van der Waals surface area contributed by atoms with E-state index in [9.17, 15) is 9.90 Å². The molecule has 1 saturated heterocycles. The summed E-state index contributed by atoms with van der Waals surface area (Å²) in [6, 6.07) is 17.2. The van der Waals surface area contributed by atoms with E-state index in [1.54, 1.807) is 6.07 Å². The Morgan fingerprint density at radius 1 is 1.00 bits per heavy atom. The highest BCUT2D eigenvalue weighted by Gasteiger charge is 2.06. The average Bonchev–Trinajstić information content (AvgIpc) is 2.92. The summed E-state index contributed by atoms with van der Waals surface area (Å²) in [6.45, 7) is 0.851. The Hall–Kier alpha value is -1.94. The fraction of sp³-hybridized carbons (Fsp3) is 0.133.